The van der Waals surface area contributed by atoms with Crippen molar-refractivity contribution in [2.75, 3.05) is 19.0 Å². The Kier molecular flexibility index (Phi) is 4.89. The van der Waals surface area contributed by atoms with E-state index in [1.807, 2.05) is 78.4 Å². The van der Waals surface area contributed by atoms with Crippen LogP contribution in [0.4, 0.5) is 5.69 Å². The lowest BCUT2D eigenvalue weighted by atomic mass is 10.3. The third-order valence-corrected chi connectivity index (χ3v) is 2.70. The van der Waals surface area contributed by atoms with Gasteiger partial charge < -0.3 is 4.90 Å². The summed E-state index contributed by atoms with van der Waals surface area (Å²) in [6.45, 7) is 0. The van der Waals surface area contributed by atoms with Crippen molar-refractivity contribution >= 4 is 5.69 Å². The van der Waals surface area contributed by atoms with Crippen LogP contribution in [0.5, 0.6) is 0 Å². The molecule has 1 aromatic carbocycles. The van der Waals surface area contributed by atoms with Gasteiger partial charge in [-0.2, -0.15) is 5.10 Å². The minimum atomic E-state index is 1.09. The zero-order chi connectivity index (χ0) is 14.2. The van der Waals surface area contributed by atoms with E-state index in [-0.39, 0.29) is 0 Å². The number of anilines is 1. The Balaban J connectivity index is 0.000000151. The average Bonchev–Trinajstić information content (AvgIpc) is 3.04. The fourth-order valence-corrected chi connectivity index (χ4v) is 1.64. The molecule has 0 N–H and O–H groups in total. The van der Waals surface area contributed by atoms with Crippen molar-refractivity contribution in [2.45, 2.75) is 0 Å². The van der Waals surface area contributed by atoms with E-state index in [0.717, 1.165) is 5.69 Å². The maximum Gasteiger partial charge on any atom is 0.0645 e. The highest BCUT2D eigenvalue weighted by molar-refractivity contribution is 5.42. The molecule has 2 aromatic heterocycles. The predicted octanol–water partition coefficient (Wildman–Crippen LogP) is 3.02. The highest BCUT2D eigenvalue weighted by Crippen LogP contribution is 2.05. The van der Waals surface area contributed by atoms with Gasteiger partial charge in [0.1, 0.15) is 0 Å². The Labute approximate surface area is 119 Å². The van der Waals surface area contributed by atoms with E-state index >= 15 is 0 Å². The van der Waals surface area contributed by atoms with E-state index in [9.17, 15) is 0 Å². The van der Waals surface area contributed by atoms with Crippen LogP contribution in [0.15, 0.2) is 73.3 Å². The summed E-state index contributed by atoms with van der Waals surface area (Å²) in [5.41, 5.74) is 2.28. The standard InChI is InChI=1S/C9H8N2.C7H10N2/c1-2-5-9(6-3-1)11-8-4-7-10-11;1-9(2)7-3-5-8-6-4-7/h1-8H;3-6H,1-2H3. The smallest absolute Gasteiger partial charge is 0.0645 e. The monoisotopic (exact) mass is 266 g/mol. The van der Waals surface area contributed by atoms with Crippen LogP contribution in [0.3, 0.4) is 0 Å². The van der Waals surface area contributed by atoms with Crippen LogP contribution in [0, 0.1) is 0 Å². The molecule has 3 rings (SSSR count). The highest BCUT2D eigenvalue weighted by atomic mass is 15.3. The molecule has 0 saturated carbocycles. The molecule has 0 spiro atoms. The van der Waals surface area contributed by atoms with Crippen LogP contribution >= 0.6 is 0 Å². The Morgan fingerprint density at radius 1 is 0.850 bits per heavy atom. The van der Waals surface area contributed by atoms with Gasteiger partial charge in [-0.05, 0) is 30.3 Å². The van der Waals surface area contributed by atoms with Gasteiger partial charge in [-0.1, -0.05) is 18.2 Å². The van der Waals surface area contributed by atoms with Crippen molar-refractivity contribution in [1.29, 1.82) is 0 Å². The molecule has 3 aromatic rings. The second-order valence-corrected chi connectivity index (χ2v) is 4.39. The maximum absolute atomic E-state index is 4.10. The molecule has 0 atom stereocenters. The number of rotatable bonds is 2. The van der Waals surface area contributed by atoms with Crippen LogP contribution in [-0.4, -0.2) is 28.9 Å². The Morgan fingerprint density at radius 2 is 1.55 bits per heavy atom. The van der Waals surface area contributed by atoms with Crippen molar-refractivity contribution in [3.8, 4) is 5.69 Å². The SMILES string of the molecule is CN(C)c1ccncc1.c1ccc(-n2cccn2)cc1. The highest BCUT2D eigenvalue weighted by Gasteiger charge is 1.90. The minimum Gasteiger partial charge on any atom is -0.378 e. The molecule has 4 nitrogen and oxygen atoms in total. The number of para-hydroxylation sites is 1. The molecule has 0 saturated heterocycles. The second-order valence-electron chi connectivity index (χ2n) is 4.39. The summed E-state index contributed by atoms with van der Waals surface area (Å²) in [5, 5.41) is 4.10. The van der Waals surface area contributed by atoms with Gasteiger partial charge in [0.2, 0.25) is 0 Å². The lowest BCUT2D eigenvalue weighted by molar-refractivity contribution is 0.880. The molecule has 102 valence electrons. The number of hydrogen-bond acceptors (Lipinski definition) is 3. The van der Waals surface area contributed by atoms with Gasteiger partial charge in [-0.15, -0.1) is 0 Å². The van der Waals surface area contributed by atoms with Crippen LogP contribution < -0.4 is 4.90 Å². The average molecular weight is 266 g/mol. The van der Waals surface area contributed by atoms with Crippen LogP contribution in [0.2, 0.25) is 0 Å². The van der Waals surface area contributed by atoms with Gasteiger partial charge in [-0.3, -0.25) is 4.98 Å². The fourth-order valence-electron chi connectivity index (χ4n) is 1.64. The molecule has 0 bridgehead atoms. The van der Waals surface area contributed by atoms with Crippen molar-refractivity contribution in [1.82, 2.24) is 14.8 Å². The van der Waals surface area contributed by atoms with E-state index < -0.39 is 0 Å². The molecule has 0 unspecified atom stereocenters. The fraction of sp³-hybridized carbons (Fsp3) is 0.125. The molecule has 0 aliphatic rings. The zero-order valence-corrected chi connectivity index (χ0v) is 11.7. The minimum absolute atomic E-state index is 1.09. The summed E-state index contributed by atoms with van der Waals surface area (Å²) in [7, 11) is 4.02. The summed E-state index contributed by atoms with van der Waals surface area (Å²) in [4.78, 5) is 5.94. The van der Waals surface area contributed by atoms with Crippen molar-refractivity contribution < 1.29 is 0 Å². The largest absolute Gasteiger partial charge is 0.378 e. The number of nitrogens with zero attached hydrogens (tertiary/aromatic N) is 4. The first kappa shape index (κ1) is 13.8. The van der Waals surface area contributed by atoms with E-state index in [2.05, 4.69) is 10.1 Å². The van der Waals surface area contributed by atoms with Crippen molar-refractivity contribution in [3.63, 3.8) is 0 Å². The van der Waals surface area contributed by atoms with E-state index in [1.54, 1.807) is 18.6 Å². The quantitative estimate of drug-likeness (QED) is 0.715. The number of hydrogen-bond donors (Lipinski definition) is 0. The summed E-state index contributed by atoms with van der Waals surface area (Å²) in [6, 6.07) is 15.9. The Morgan fingerprint density at radius 3 is 2.05 bits per heavy atom. The topological polar surface area (TPSA) is 34.0 Å². The summed E-state index contributed by atoms with van der Waals surface area (Å²) >= 11 is 0. The van der Waals surface area contributed by atoms with Crippen LogP contribution in [-0.2, 0) is 0 Å². The first-order chi connectivity index (χ1) is 9.77. The molecule has 0 aliphatic heterocycles. The second kappa shape index (κ2) is 7.09. The molecule has 20 heavy (non-hydrogen) atoms. The van der Waals surface area contributed by atoms with E-state index in [4.69, 9.17) is 0 Å². The van der Waals surface area contributed by atoms with E-state index in [0.29, 0.717) is 0 Å². The first-order valence-corrected chi connectivity index (χ1v) is 6.40. The van der Waals surface area contributed by atoms with Crippen molar-refractivity contribution in [2.24, 2.45) is 0 Å². The van der Waals surface area contributed by atoms with E-state index in [1.165, 1.54) is 5.69 Å². The molecule has 0 aliphatic carbocycles. The molecule has 4 heteroatoms. The lowest BCUT2D eigenvalue weighted by Crippen LogP contribution is -2.07. The molecular formula is C16H18N4. The van der Waals surface area contributed by atoms with Gasteiger partial charge in [-0.25, -0.2) is 4.68 Å². The normalized spacial score (nSPS) is 9.50. The van der Waals surface area contributed by atoms with Gasteiger partial charge in [0.15, 0.2) is 0 Å². The van der Waals surface area contributed by atoms with Gasteiger partial charge in [0.25, 0.3) is 0 Å². The number of aromatic nitrogens is 3. The van der Waals surface area contributed by atoms with Gasteiger partial charge in [0.05, 0.1) is 5.69 Å². The lowest BCUT2D eigenvalue weighted by Gasteiger charge is -2.10. The molecule has 0 radical (unpaired) electrons. The van der Waals surface area contributed by atoms with Gasteiger partial charge >= 0.3 is 0 Å². The third-order valence-electron chi connectivity index (χ3n) is 2.70. The predicted molar refractivity (Wildman–Crippen MR) is 82.1 cm³/mol. The van der Waals surface area contributed by atoms with Gasteiger partial charge in [0, 0.05) is 44.6 Å². The summed E-state index contributed by atoms with van der Waals surface area (Å²) < 4.78 is 1.83. The zero-order valence-electron chi connectivity index (χ0n) is 11.7. The first-order valence-electron chi connectivity index (χ1n) is 6.40. The van der Waals surface area contributed by atoms with Crippen LogP contribution in [0.25, 0.3) is 5.69 Å². The van der Waals surface area contributed by atoms with Crippen molar-refractivity contribution in [3.05, 3.63) is 73.3 Å². The Hall–Kier alpha value is -2.62. The summed E-state index contributed by atoms with van der Waals surface area (Å²) in [6.07, 6.45) is 7.27. The molecule has 0 amide bonds. The third kappa shape index (κ3) is 3.95. The Bertz CT molecular complexity index is 589. The summed E-state index contributed by atoms with van der Waals surface area (Å²) in [5.74, 6) is 0. The number of benzene rings is 1. The molecule has 2 heterocycles. The molecule has 0 fully saturated rings. The number of pyridine rings is 1. The molecular weight excluding hydrogens is 248 g/mol. The maximum atomic E-state index is 4.10. The van der Waals surface area contributed by atoms with Crippen LogP contribution in [0.1, 0.15) is 0 Å².